The minimum absolute atomic E-state index is 0.157. The number of rotatable bonds is 5. The summed E-state index contributed by atoms with van der Waals surface area (Å²) in [6, 6.07) is 5.78. The molecule has 1 amide bonds. The van der Waals surface area contributed by atoms with Gasteiger partial charge in [-0.3, -0.25) is 4.79 Å². The summed E-state index contributed by atoms with van der Waals surface area (Å²) in [4.78, 5) is 21.0. The molecule has 0 aliphatic rings. The molecule has 0 saturated heterocycles. The Balaban J connectivity index is 1.84. The average Bonchev–Trinajstić information content (AvgIpc) is 3.04. The van der Waals surface area contributed by atoms with Gasteiger partial charge in [0, 0.05) is 30.5 Å². The fourth-order valence-electron chi connectivity index (χ4n) is 2.43. The van der Waals surface area contributed by atoms with Crippen LogP contribution >= 0.6 is 0 Å². The second-order valence-electron chi connectivity index (χ2n) is 5.84. The highest BCUT2D eigenvalue weighted by atomic mass is 16.5. The third-order valence-electron chi connectivity index (χ3n) is 3.79. The molecule has 2 aromatic heterocycles. The average molecular weight is 324 g/mol. The lowest BCUT2D eigenvalue weighted by molar-refractivity contribution is 0.0654. The number of anilines is 1. The maximum atomic E-state index is 12.6. The molecule has 6 nitrogen and oxygen atoms in total. The van der Waals surface area contributed by atoms with E-state index >= 15 is 0 Å². The number of amides is 1. The Kier molecular flexibility index (Phi) is 4.57. The molecule has 0 radical (unpaired) electrons. The van der Waals surface area contributed by atoms with E-state index in [2.05, 4.69) is 15.3 Å². The quantitative estimate of drug-likeness (QED) is 0.782. The van der Waals surface area contributed by atoms with Crippen LogP contribution in [0.25, 0.3) is 5.65 Å². The summed E-state index contributed by atoms with van der Waals surface area (Å²) < 4.78 is 7.43. The number of hydrogen-bond donors (Lipinski definition) is 1. The predicted octanol–water partition coefficient (Wildman–Crippen LogP) is 3.22. The first-order valence-electron chi connectivity index (χ1n) is 7.85. The highest BCUT2D eigenvalue weighted by molar-refractivity contribution is 6.07. The van der Waals surface area contributed by atoms with Crippen molar-refractivity contribution in [2.45, 2.75) is 33.5 Å². The van der Waals surface area contributed by atoms with Crippen molar-refractivity contribution in [1.82, 2.24) is 14.4 Å². The molecule has 3 aromatic rings. The first-order chi connectivity index (χ1) is 11.6. The first-order valence-corrected chi connectivity index (χ1v) is 7.85. The fraction of sp³-hybridized carbons (Fsp3) is 0.278. The smallest absolute Gasteiger partial charge is 0.278 e. The number of fused-ring (bicyclic) bond motifs is 1. The second-order valence-corrected chi connectivity index (χ2v) is 5.84. The molecule has 0 atom stereocenters. The van der Waals surface area contributed by atoms with Crippen molar-refractivity contribution < 1.29 is 9.53 Å². The summed E-state index contributed by atoms with van der Waals surface area (Å²) in [6.45, 7) is 6.48. The molecule has 0 aliphatic heterocycles. The Hall–Kier alpha value is -2.73. The summed E-state index contributed by atoms with van der Waals surface area (Å²) in [5.41, 5.74) is 3.62. The van der Waals surface area contributed by atoms with E-state index in [-0.39, 0.29) is 12.0 Å². The van der Waals surface area contributed by atoms with Gasteiger partial charge in [-0.15, -0.1) is 0 Å². The van der Waals surface area contributed by atoms with Gasteiger partial charge >= 0.3 is 0 Å². The van der Waals surface area contributed by atoms with Gasteiger partial charge in [0.1, 0.15) is 0 Å². The number of imidazole rings is 1. The lowest BCUT2D eigenvalue weighted by Crippen LogP contribution is -2.16. The van der Waals surface area contributed by atoms with Gasteiger partial charge in [-0.05, 0) is 38.0 Å². The van der Waals surface area contributed by atoms with Crippen LogP contribution in [0, 0.1) is 6.92 Å². The third-order valence-corrected chi connectivity index (χ3v) is 3.79. The molecule has 0 unspecified atom stereocenters. The molecule has 0 aliphatic carbocycles. The molecule has 0 saturated carbocycles. The zero-order valence-corrected chi connectivity index (χ0v) is 14.0. The van der Waals surface area contributed by atoms with Crippen molar-refractivity contribution in [2.24, 2.45) is 0 Å². The molecular formula is C18H20N4O2. The van der Waals surface area contributed by atoms with E-state index in [0.29, 0.717) is 17.9 Å². The van der Waals surface area contributed by atoms with Crippen LogP contribution in [0.4, 0.5) is 5.69 Å². The van der Waals surface area contributed by atoms with Gasteiger partial charge in [0.15, 0.2) is 11.3 Å². The molecular weight excluding hydrogens is 304 g/mol. The van der Waals surface area contributed by atoms with Crippen molar-refractivity contribution >= 4 is 17.2 Å². The monoisotopic (exact) mass is 324 g/mol. The van der Waals surface area contributed by atoms with Crippen LogP contribution in [-0.4, -0.2) is 26.4 Å². The molecule has 0 spiro atoms. The Morgan fingerprint density at radius 3 is 2.75 bits per heavy atom. The van der Waals surface area contributed by atoms with Gasteiger partial charge in [0.05, 0.1) is 12.7 Å². The summed E-state index contributed by atoms with van der Waals surface area (Å²) in [5, 5.41) is 2.93. The van der Waals surface area contributed by atoms with Crippen LogP contribution < -0.4 is 5.32 Å². The lowest BCUT2D eigenvalue weighted by atomic mass is 10.1. The van der Waals surface area contributed by atoms with Crippen molar-refractivity contribution in [3.63, 3.8) is 0 Å². The number of nitrogens with zero attached hydrogens (tertiary/aromatic N) is 3. The first kappa shape index (κ1) is 16.1. The molecule has 0 fully saturated rings. The largest absolute Gasteiger partial charge is 0.374 e. The SMILES string of the molecule is Cc1c(COC(C)C)cccc1NC(=O)c1nccn2ccnc12. The lowest BCUT2D eigenvalue weighted by Gasteiger charge is -2.14. The highest BCUT2D eigenvalue weighted by Crippen LogP contribution is 2.21. The summed E-state index contributed by atoms with van der Waals surface area (Å²) in [7, 11) is 0. The zero-order chi connectivity index (χ0) is 17.1. The summed E-state index contributed by atoms with van der Waals surface area (Å²) in [5.74, 6) is -0.281. The number of carbonyl (C=O) groups excluding carboxylic acids is 1. The summed E-state index contributed by atoms with van der Waals surface area (Å²) >= 11 is 0. The normalized spacial score (nSPS) is 11.2. The van der Waals surface area contributed by atoms with Crippen LogP contribution in [0.2, 0.25) is 0 Å². The van der Waals surface area contributed by atoms with E-state index in [1.807, 2.05) is 39.0 Å². The highest BCUT2D eigenvalue weighted by Gasteiger charge is 2.15. The van der Waals surface area contributed by atoms with E-state index in [1.54, 1.807) is 29.2 Å². The molecule has 3 rings (SSSR count). The van der Waals surface area contributed by atoms with Crippen LogP contribution in [-0.2, 0) is 11.3 Å². The van der Waals surface area contributed by atoms with Crippen molar-refractivity contribution in [3.05, 3.63) is 59.8 Å². The predicted molar refractivity (Wildman–Crippen MR) is 92.0 cm³/mol. The van der Waals surface area contributed by atoms with Crippen molar-refractivity contribution in [2.75, 3.05) is 5.32 Å². The van der Waals surface area contributed by atoms with Gasteiger partial charge in [-0.2, -0.15) is 0 Å². The Labute approximate surface area is 140 Å². The van der Waals surface area contributed by atoms with E-state index in [4.69, 9.17) is 4.74 Å². The van der Waals surface area contributed by atoms with Gasteiger partial charge < -0.3 is 14.5 Å². The minimum Gasteiger partial charge on any atom is -0.374 e. The standard InChI is InChI=1S/C18H20N4O2/c1-12(2)24-11-14-5-4-6-15(13(14)3)21-18(23)16-17-20-8-10-22(17)9-7-19-16/h4-10,12H,11H2,1-3H3,(H,21,23). The van der Waals surface area contributed by atoms with E-state index in [1.165, 1.54) is 0 Å². The fourth-order valence-corrected chi connectivity index (χ4v) is 2.43. The maximum Gasteiger partial charge on any atom is 0.278 e. The minimum atomic E-state index is -0.281. The summed E-state index contributed by atoms with van der Waals surface area (Å²) in [6.07, 6.45) is 6.92. The van der Waals surface area contributed by atoms with E-state index < -0.39 is 0 Å². The molecule has 1 N–H and O–H groups in total. The number of carbonyl (C=O) groups is 1. The third kappa shape index (κ3) is 3.28. The number of benzene rings is 1. The molecule has 124 valence electrons. The second kappa shape index (κ2) is 6.80. The number of aromatic nitrogens is 3. The van der Waals surface area contributed by atoms with Crippen LogP contribution in [0.5, 0.6) is 0 Å². The topological polar surface area (TPSA) is 68.5 Å². The van der Waals surface area contributed by atoms with Gasteiger partial charge in [-0.25, -0.2) is 9.97 Å². The number of ether oxygens (including phenoxy) is 1. The number of hydrogen-bond acceptors (Lipinski definition) is 4. The van der Waals surface area contributed by atoms with Crippen LogP contribution in [0.15, 0.2) is 43.0 Å². The Bertz CT molecular complexity index is 870. The van der Waals surface area contributed by atoms with Crippen LogP contribution in [0.1, 0.15) is 35.5 Å². The zero-order valence-electron chi connectivity index (χ0n) is 14.0. The van der Waals surface area contributed by atoms with Crippen molar-refractivity contribution in [3.8, 4) is 0 Å². The van der Waals surface area contributed by atoms with Gasteiger partial charge in [0.2, 0.25) is 0 Å². The van der Waals surface area contributed by atoms with Gasteiger partial charge in [-0.1, -0.05) is 12.1 Å². The molecule has 2 heterocycles. The van der Waals surface area contributed by atoms with E-state index in [0.717, 1.165) is 16.8 Å². The molecule has 6 heteroatoms. The van der Waals surface area contributed by atoms with Gasteiger partial charge in [0.25, 0.3) is 5.91 Å². The molecule has 0 bridgehead atoms. The maximum absolute atomic E-state index is 12.6. The Morgan fingerprint density at radius 2 is 2.00 bits per heavy atom. The van der Waals surface area contributed by atoms with E-state index in [9.17, 15) is 4.79 Å². The van der Waals surface area contributed by atoms with Crippen molar-refractivity contribution in [1.29, 1.82) is 0 Å². The molecule has 1 aromatic carbocycles. The number of nitrogens with one attached hydrogen (secondary N) is 1. The Morgan fingerprint density at radius 1 is 1.25 bits per heavy atom. The van der Waals surface area contributed by atoms with Crippen LogP contribution in [0.3, 0.4) is 0 Å². The molecule has 24 heavy (non-hydrogen) atoms.